The first-order valence-electron chi connectivity index (χ1n) is 6.93. The Morgan fingerprint density at radius 2 is 2.45 bits per heavy atom. The Bertz CT molecular complexity index is 407. The van der Waals surface area contributed by atoms with Gasteiger partial charge in [0.25, 0.3) is 0 Å². The van der Waals surface area contributed by atoms with Gasteiger partial charge in [0.15, 0.2) is 0 Å². The number of methoxy groups -OCH3 is 1. The zero-order chi connectivity index (χ0) is 14.2. The average molecular weight is 279 g/mol. The van der Waals surface area contributed by atoms with Crippen LogP contribution in [0, 0.1) is 0 Å². The van der Waals surface area contributed by atoms with E-state index in [0.29, 0.717) is 19.5 Å². The maximum atomic E-state index is 11.3. The van der Waals surface area contributed by atoms with Gasteiger partial charge in [0.1, 0.15) is 0 Å². The van der Waals surface area contributed by atoms with E-state index in [0.717, 1.165) is 31.7 Å². The monoisotopic (exact) mass is 279 g/mol. The van der Waals surface area contributed by atoms with E-state index in [9.17, 15) is 4.79 Å². The summed E-state index contributed by atoms with van der Waals surface area (Å²) in [6.45, 7) is 2.96. The molecule has 20 heavy (non-hydrogen) atoms. The Morgan fingerprint density at radius 3 is 3.10 bits per heavy atom. The standard InChI is InChI=1S/C14H21N3O3/c1-19-14(18)4-7-17(11-13-3-2-8-20-13)10-12-9-15-5-6-16-12/h5-6,9,13H,2-4,7-8,10-11H2,1H3. The van der Waals surface area contributed by atoms with Gasteiger partial charge in [-0.2, -0.15) is 0 Å². The predicted molar refractivity (Wildman–Crippen MR) is 72.9 cm³/mol. The van der Waals surface area contributed by atoms with Gasteiger partial charge in [0.2, 0.25) is 0 Å². The van der Waals surface area contributed by atoms with Crippen molar-refractivity contribution < 1.29 is 14.3 Å². The number of ether oxygens (including phenoxy) is 2. The number of nitrogens with zero attached hydrogens (tertiary/aromatic N) is 3. The largest absolute Gasteiger partial charge is 0.469 e. The van der Waals surface area contributed by atoms with Crippen LogP contribution in [0.15, 0.2) is 18.6 Å². The first-order valence-corrected chi connectivity index (χ1v) is 6.93. The maximum absolute atomic E-state index is 11.3. The van der Waals surface area contributed by atoms with Crippen LogP contribution >= 0.6 is 0 Å². The Kier molecular flexibility index (Phi) is 5.88. The number of carbonyl (C=O) groups excluding carboxylic acids is 1. The minimum Gasteiger partial charge on any atom is -0.469 e. The van der Waals surface area contributed by atoms with Gasteiger partial charge >= 0.3 is 5.97 Å². The zero-order valence-electron chi connectivity index (χ0n) is 11.8. The maximum Gasteiger partial charge on any atom is 0.306 e. The van der Waals surface area contributed by atoms with E-state index in [1.165, 1.54) is 7.11 Å². The van der Waals surface area contributed by atoms with Gasteiger partial charge in [-0.25, -0.2) is 0 Å². The number of hydrogen-bond acceptors (Lipinski definition) is 6. The highest BCUT2D eigenvalue weighted by atomic mass is 16.5. The number of esters is 1. The first kappa shape index (κ1) is 14.9. The predicted octanol–water partition coefficient (Wildman–Crippen LogP) is 1.02. The molecule has 1 atom stereocenters. The summed E-state index contributed by atoms with van der Waals surface area (Å²) in [5.41, 5.74) is 0.898. The van der Waals surface area contributed by atoms with Crippen LogP contribution in [0.2, 0.25) is 0 Å². The second kappa shape index (κ2) is 7.91. The zero-order valence-corrected chi connectivity index (χ0v) is 11.8. The lowest BCUT2D eigenvalue weighted by molar-refractivity contribution is -0.141. The normalized spacial score (nSPS) is 18.4. The highest BCUT2D eigenvalue weighted by Gasteiger charge is 2.20. The van der Waals surface area contributed by atoms with Crippen LogP contribution in [0.4, 0.5) is 0 Å². The molecule has 1 aliphatic heterocycles. The number of carbonyl (C=O) groups is 1. The molecule has 1 unspecified atom stereocenters. The van der Waals surface area contributed by atoms with Gasteiger partial charge in [-0.1, -0.05) is 0 Å². The van der Waals surface area contributed by atoms with E-state index in [2.05, 4.69) is 14.9 Å². The van der Waals surface area contributed by atoms with Crippen LogP contribution in [0.1, 0.15) is 25.0 Å². The fraction of sp³-hybridized carbons (Fsp3) is 0.643. The molecule has 1 aromatic heterocycles. The summed E-state index contributed by atoms with van der Waals surface area (Å²) in [6, 6.07) is 0. The quantitative estimate of drug-likeness (QED) is 0.694. The third-order valence-corrected chi connectivity index (χ3v) is 3.35. The molecule has 0 saturated carbocycles. The van der Waals surface area contributed by atoms with E-state index in [4.69, 9.17) is 9.47 Å². The van der Waals surface area contributed by atoms with E-state index in [1.54, 1.807) is 18.6 Å². The summed E-state index contributed by atoms with van der Waals surface area (Å²) >= 11 is 0. The van der Waals surface area contributed by atoms with Gasteiger partial charge in [0.05, 0.1) is 25.3 Å². The van der Waals surface area contributed by atoms with Gasteiger partial charge in [0, 0.05) is 44.8 Å². The third kappa shape index (κ3) is 4.86. The van der Waals surface area contributed by atoms with Crippen LogP contribution in [0.25, 0.3) is 0 Å². The van der Waals surface area contributed by atoms with Crippen molar-refractivity contribution in [1.29, 1.82) is 0 Å². The van der Waals surface area contributed by atoms with Crippen molar-refractivity contribution in [2.75, 3.05) is 26.8 Å². The van der Waals surface area contributed by atoms with Crippen molar-refractivity contribution in [1.82, 2.24) is 14.9 Å². The SMILES string of the molecule is COC(=O)CCN(Cc1cnccn1)CC1CCCO1. The third-order valence-electron chi connectivity index (χ3n) is 3.35. The summed E-state index contributed by atoms with van der Waals surface area (Å²) in [4.78, 5) is 21.8. The van der Waals surface area contributed by atoms with Gasteiger partial charge in [-0.05, 0) is 12.8 Å². The lowest BCUT2D eigenvalue weighted by Gasteiger charge is -2.24. The number of hydrogen-bond donors (Lipinski definition) is 0. The van der Waals surface area contributed by atoms with Crippen LogP contribution in [0.5, 0.6) is 0 Å². The molecule has 2 rings (SSSR count). The molecule has 0 aliphatic carbocycles. The molecule has 1 aliphatic rings. The fourth-order valence-corrected chi connectivity index (χ4v) is 2.30. The summed E-state index contributed by atoms with van der Waals surface area (Å²) < 4.78 is 10.4. The van der Waals surface area contributed by atoms with E-state index in [1.807, 2.05) is 0 Å². The van der Waals surface area contributed by atoms with Crippen LogP contribution in [-0.4, -0.2) is 53.7 Å². The van der Waals surface area contributed by atoms with E-state index >= 15 is 0 Å². The Hall–Kier alpha value is -1.53. The van der Waals surface area contributed by atoms with Gasteiger partial charge < -0.3 is 9.47 Å². The van der Waals surface area contributed by atoms with Crippen molar-refractivity contribution in [2.45, 2.75) is 31.9 Å². The van der Waals surface area contributed by atoms with Crippen LogP contribution < -0.4 is 0 Å². The molecule has 110 valence electrons. The second-order valence-electron chi connectivity index (χ2n) is 4.89. The second-order valence-corrected chi connectivity index (χ2v) is 4.89. The van der Waals surface area contributed by atoms with Crippen molar-refractivity contribution in [3.63, 3.8) is 0 Å². The molecular weight excluding hydrogens is 258 g/mol. The summed E-state index contributed by atoms with van der Waals surface area (Å²) in [5, 5.41) is 0. The van der Waals surface area contributed by atoms with Crippen molar-refractivity contribution >= 4 is 5.97 Å². The molecule has 2 heterocycles. The number of rotatable bonds is 7. The Morgan fingerprint density at radius 1 is 1.55 bits per heavy atom. The molecule has 1 aromatic rings. The van der Waals surface area contributed by atoms with E-state index < -0.39 is 0 Å². The molecule has 6 nitrogen and oxygen atoms in total. The molecule has 1 fully saturated rings. The summed E-state index contributed by atoms with van der Waals surface area (Å²) in [5.74, 6) is -0.193. The number of aromatic nitrogens is 2. The lowest BCUT2D eigenvalue weighted by Crippen LogP contribution is -2.34. The Balaban J connectivity index is 1.89. The smallest absolute Gasteiger partial charge is 0.306 e. The summed E-state index contributed by atoms with van der Waals surface area (Å²) in [6.07, 6.45) is 7.91. The molecule has 6 heteroatoms. The van der Waals surface area contributed by atoms with Crippen molar-refractivity contribution in [2.24, 2.45) is 0 Å². The van der Waals surface area contributed by atoms with Gasteiger partial charge in [-0.3, -0.25) is 19.7 Å². The Labute approximate surface area is 119 Å². The first-order chi connectivity index (χ1) is 9.78. The van der Waals surface area contributed by atoms with E-state index in [-0.39, 0.29) is 12.1 Å². The molecule has 0 radical (unpaired) electrons. The molecule has 0 amide bonds. The fourth-order valence-electron chi connectivity index (χ4n) is 2.30. The minimum absolute atomic E-state index is 0.193. The van der Waals surface area contributed by atoms with Crippen LogP contribution in [-0.2, 0) is 20.8 Å². The molecule has 0 bridgehead atoms. The lowest BCUT2D eigenvalue weighted by atomic mass is 10.2. The molecule has 0 spiro atoms. The topological polar surface area (TPSA) is 64.5 Å². The molecular formula is C14H21N3O3. The van der Waals surface area contributed by atoms with Crippen molar-refractivity contribution in [3.8, 4) is 0 Å². The highest BCUT2D eigenvalue weighted by Crippen LogP contribution is 2.14. The van der Waals surface area contributed by atoms with Crippen molar-refractivity contribution in [3.05, 3.63) is 24.3 Å². The molecule has 1 saturated heterocycles. The summed E-state index contributed by atoms with van der Waals surface area (Å²) in [7, 11) is 1.41. The minimum atomic E-state index is -0.193. The van der Waals surface area contributed by atoms with Gasteiger partial charge in [-0.15, -0.1) is 0 Å². The molecule has 0 aromatic carbocycles. The molecule has 0 N–H and O–H groups in total. The van der Waals surface area contributed by atoms with Crippen LogP contribution in [0.3, 0.4) is 0 Å². The highest BCUT2D eigenvalue weighted by molar-refractivity contribution is 5.69. The average Bonchev–Trinajstić information content (AvgIpc) is 2.98.